The Morgan fingerprint density at radius 3 is 2.32 bits per heavy atom. The first-order valence-electron chi connectivity index (χ1n) is 5.78. The zero-order valence-electron chi connectivity index (χ0n) is 10.5. The molecule has 2 aromatic carbocycles. The fourth-order valence-electron chi connectivity index (χ4n) is 1.75. The summed E-state index contributed by atoms with van der Waals surface area (Å²) < 4.78 is 0. The minimum atomic E-state index is -0.967. The number of nitrogen functional groups attached to an aromatic ring is 1. The third kappa shape index (κ3) is 2.95. The fraction of sp³-hybridized carbons (Fsp3) is 0.0714. The summed E-state index contributed by atoms with van der Waals surface area (Å²) in [4.78, 5) is 11.1. The van der Waals surface area contributed by atoms with E-state index in [0.29, 0.717) is 17.1 Å². The van der Waals surface area contributed by atoms with Gasteiger partial charge < -0.3 is 21.5 Å². The summed E-state index contributed by atoms with van der Waals surface area (Å²) in [6, 6.07) is 12.4. The molecule has 0 radical (unpaired) electrons. The number of carboxylic acid groups (broad SMARTS) is 1. The fourth-order valence-corrected chi connectivity index (χ4v) is 1.75. The first-order chi connectivity index (χ1) is 9.10. The molecule has 0 heterocycles. The van der Waals surface area contributed by atoms with Crippen LogP contribution < -0.4 is 16.4 Å². The normalized spacial score (nSPS) is 9.95. The lowest BCUT2D eigenvalue weighted by Gasteiger charge is -2.10. The van der Waals surface area contributed by atoms with Crippen molar-refractivity contribution in [3.05, 3.63) is 48.0 Å². The van der Waals surface area contributed by atoms with Crippen LogP contribution in [0, 0.1) is 0 Å². The van der Waals surface area contributed by atoms with Crippen molar-refractivity contribution >= 4 is 28.7 Å². The lowest BCUT2D eigenvalue weighted by Crippen LogP contribution is -2.03. The minimum Gasteiger partial charge on any atom is -0.478 e. The molecule has 0 bridgehead atoms. The maximum absolute atomic E-state index is 11.1. The molecule has 0 aliphatic heterocycles. The Balaban J connectivity index is 2.28. The molecule has 0 saturated heterocycles. The molecule has 2 aromatic rings. The van der Waals surface area contributed by atoms with Gasteiger partial charge in [-0.2, -0.15) is 0 Å². The summed E-state index contributed by atoms with van der Waals surface area (Å²) in [5.74, 6) is -0.967. The SMILES string of the molecule is CNc1ccc(Nc2ccc(N)cc2)cc1C(=O)O. The lowest BCUT2D eigenvalue weighted by molar-refractivity contribution is 0.0698. The highest BCUT2D eigenvalue weighted by atomic mass is 16.4. The molecule has 0 aliphatic carbocycles. The Morgan fingerprint density at radius 1 is 1.11 bits per heavy atom. The van der Waals surface area contributed by atoms with Crippen molar-refractivity contribution in [2.45, 2.75) is 0 Å². The third-order valence-electron chi connectivity index (χ3n) is 2.72. The van der Waals surface area contributed by atoms with Crippen LogP contribution in [0.3, 0.4) is 0 Å². The number of benzene rings is 2. The molecule has 5 N–H and O–H groups in total. The lowest BCUT2D eigenvalue weighted by atomic mass is 10.1. The summed E-state index contributed by atoms with van der Waals surface area (Å²) in [7, 11) is 1.69. The second-order valence-corrected chi connectivity index (χ2v) is 4.06. The Bertz CT molecular complexity index is 594. The zero-order chi connectivity index (χ0) is 13.8. The van der Waals surface area contributed by atoms with Gasteiger partial charge in [-0.15, -0.1) is 0 Å². The molecule has 2 rings (SSSR count). The van der Waals surface area contributed by atoms with Crippen LogP contribution in [-0.2, 0) is 0 Å². The van der Waals surface area contributed by atoms with Crippen molar-refractivity contribution in [1.82, 2.24) is 0 Å². The van der Waals surface area contributed by atoms with E-state index in [2.05, 4.69) is 10.6 Å². The average molecular weight is 257 g/mol. The van der Waals surface area contributed by atoms with E-state index in [1.807, 2.05) is 18.2 Å². The van der Waals surface area contributed by atoms with Crippen LogP contribution in [0.2, 0.25) is 0 Å². The van der Waals surface area contributed by atoms with Crippen LogP contribution in [-0.4, -0.2) is 18.1 Å². The van der Waals surface area contributed by atoms with Gasteiger partial charge in [0.25, 0.3) is 0 Å². The van der Waals surface area contributed by atoms with E-state index in [9.17, 15) is 4.79 Å². The molecule has 0 aromatic heterocycles. The van der Waals surface area contributed by atoms with Crippen LogP contribution in [0.15, 0.2) is 42.5 Å². The zero-order valence-corrected chi connectivity index (χ0v) is 10.5. The number of nitrogens with two attached hydrogens (primary N) is 1. The molecular weight excluding hydrogens is 242 g/mol. The topological polar surface area (TPSA) is 87.4 Å². The van der Waals surface area contributed by atoms with Gasteiger partial charge >= 0.3 is 5.97 Å². The summed E-state index contributed by atoms with van der Waals surface area (Å²) in [6.45, 7) is 0. The standard InChI is InChI=1S/C14H15N3O2/c1-16-13-7-6-11(8-12(13)14(18)19)17-10-4-2-9(15)3-5-10/h2-8,16-17H,15H2,1H3,(H,18,19). The summed E-state index contributed by atoms with van der Waals surface area (Å²) in [5, 5.41) is 15.1. The number of rotatable bonds is 4. The highest BCUT2D eigenvalue weighted by molar-refractivity contribution is 5.95. The number of hydrogen-bond acceptors (Lipinski definition) is 4. The van der Waals surface area contributed by atoms with E-state index in [-0.39, 0.29) is 5.56 Å². The first-order valence-corrected chi connectivity index (χ1v) is 5.78. The smallest absolute Gasteiger partial charge is 0.337 e. The summed E-state index contributed by atoms with van der Waals surface area (Å²) in [6.07, 6.45) is 0. The second kappa shape index (κ2) is 5.30. The van der Waals surface area contributed by atoms with Crippen LogP contribution in [0.1, 0.15) is 10.4 Å². The third-order valence-corrected chi connectivity index (χ3v) is 2.72. The van der Waals surface area contributed by atoms with Gasteiger partial charge in [-0.3, -0.25) is 0 Å². The number of nitrogens with one attached hydrogen (secondary N) is 2. The highest BCUT2D eigenvalue weighted by Crippen LogP contribution is 2.23. The van der Waals surface area contributed by atoms with E-state index in [1.165, 1.54) is 0 Å². The van der Waals surface area contributed by atoms with Crippen molar-refractivity contribution < 1.29 is 9.90 Å². The molecule has 5 heteroatoms. The molecule has 0 fully saturated rings. The van der Waals surface area contributed by atoms with Crippen molar-refractivity contribution in [2.24, 2.45) is 0 Å². The molecule has 0 saturated carbocycles. The number of carbonyl (C=O) groups is 1. The number of anilines is 4. The first kappa shape index (κ1) is 12.8. The van der Waals surface area contributed by atoms with Crippen LogP contribution in [0.4, 0.5) is 22.7 Å². The number of aromatic carboxylic acids is 1. The van der Waals surface area contributed by atoms with E-state index < -0.39 is 5.97 Å². The number of carboxylic acids is 1. The van der Waals surface area contributed by atoms with Gasteiger partial charge in [0.05, 0.1) is 5.56 Å². The highest BCUT2D eigenvalue weighted by Gasteiger charge is 2.09. The van der Waals surface area contributed by atoms with Gasteiger partial charge in [0.1, 0.15) is 0 Å². The van der Waals surface area contributed by atoms with Gasteiger partial charge in [-0.1, -0.05) is 0 Å². The molecule has 0 atom stereocenters. The maximum Gasteiger partial charge on any atom is 0.337 e. The molecular formula is C14H15N3O2. The molecule has 98 valence electrons. The average Bonchev–Trinajstić information content (AvgIpc) is 2.41. The van der Waals surface area contributed by atoms with Crippen molar-refractivity contribution in [1.29, 1.82) is 0 Å². The molecule has 19 heavy (non-hydrogen) atoms. The Hall–Kier alpha value is -2.69. The predicted molar refractivity (Wildman–Crippen MR) is 77.1 cm³/mol. The maximum atomic E-state index is 11.1. The Kier molecular flexibility index (Phi) is 3.56. The van der Waals surface area contributed by atoms with Gasteiger partial charge in [0.15, 0.2) is 0 Å². The second-order valence-electron chi connectivity index (χ2n) is 4.06. The molecule has 0 aliphatic rings. The molecule has 0 amide bonds. The van der Waals surface area contributed by atoms with Crippen LogP contribution in [0.5, 0.6) is 0 Å². The van der Waals surface area contributed by atoms with Gasteiger partial charge in [-0.05, 0) is 42.5 Å². The molecule has 0 unspecified atom stereocenters. The van der Waals surface area contributed by atoms with Crippen molar-refractivity contribution in [3.63, 3.8) is 0 Å². The van der Waals surface area contributed by atoms with Gasteiger partial charge in [0.2, 0.25) is 0 Å². The molecule has 0 spiro atoms. The predicted octanol–water partition coefficient (Wildman–Crippen LogP) is 2.75. The van der Waals surface area contributed by atoms with Gasteiger partial charge in [0, 0.05) is 29.8 Å². The monoisotopic (exact) mass is 257 g/mol. The van der Waals surface area contributed by atoms with E-state index in [1.54, 1.807) is 31.3 Å². The largest absolute Gasteiger partial charge is 0.478 e. The van der Waals surface area contributed by atoms with Gasteiger partial charge in [-0.25, -0.2) is 4.79 Å². The minimum absolute atomic E-state index is 0.225. The summed E-state index contributed by atoms with van der Waals surface area (Å²) >= 11 is 0. The quantitative estimate of drug-likeness (QED) is 0.633. The number of hydrogen-bond donors (Lipinski definition) is 4. The van der Waals surface area contributed by atoms with Crippen molar-refractivity contribution in [3.8, 4) is 0 Å². The summed E-state index contributed by atoms with van der Waals surface area (Å²) in [5.41, 5.74) is 8.65. The van der Waals surface area contributed by atoms with Crippen LogP contribution >= 0.6 is 0 Å². The van der Waals surface area contributed by atoms with E-state index >= 15 is 0 Å². The van der Waals surface area contributed by atoms with E-state index in [0.717, 1.165) is 5.69 Å². The van der Waals surface area contributed by atoms with Crippen LogP contribution in [0.25, 0.3) is 0 Å². The Morgan fingerprint density at radius 2 is 1.74 bits per heavy atom. The molecule has 5 nitrogen and oxygen atoms in total. The van der Waals surface area contributed by atoms with Crippen molar-refractivity contribution in [2.75, 3.05) is 23.4 Å². The Labute approximate surface area is 111 Å². The van der Waals surface area contributed by atoms with E-state index in [4.69, 9.17) is 10.8 Å².